The molecule has 3 aromatic carbocycles. The highest BCUT2D eigenvalue weighted by Gasteiger charge is 2.62. The van der Waals surface area contributed by atoms with Crippen LogP contribution < -0.4 is 0 Å². The molecule has 0 heteroatoms. The van der Waals surface area contributed by atoms with Crippen molar-refractivity contribution in [2.75, 3.05) is 0 Å². The Morgan fingerprint density at radius 1 is 0.741 bits per heavy atom. The second-order valence-electron chi connectivity index (χ2n) is 8.36. The molecule has 0 N–H and O–H groups in total. The third-order valence-corrected chi connectivity index (χ3v) is 7.15. The van der Waals surface area contributed by atoms with Gasteiger partial charge in [-0.2, -0.15) is 0 Å². The minimum absolute atomic E-state index is 0.0425. The molecule has 3 aromatic rings. The van der Waals surface area contributed by atoms with E-state index < -0.39 is 0 Å². The zero-order valence-corrected chi connectivity index (χ0v) is 15.5. The molecule has 1 fully saturated rings. The summed E-state index contributed by atoms with van der Waals surface area (Å²) in [5.74, 6) is 0.595. The largest absolute Gasteiger partial charge is 0.0727 e. The van der Waals surface area contributed by atoms with Crippen LogP contribution in [0.3, 0.4) is 0 Å². The van der Waals surface area contributed by atoms with E-state index >= 15 is 0 Å². The van der Waals surface area contributed by atoms with Crippen molar-refractivity contribution in [3.63, 3.8) is 0 Å². The lowest BCUT2D eigenvalue weighted by Crippen LogP contribution is -2.27. The van der Waals surface area contributed by atoms with E-state index in [9.17, 15) is 0 Å². The van der Waals surface area contributed by atoms with Crippen molar-refractivity contribution in [3.8, 4) is 0 Å². The maximum Gasteiger partial charge on any atom is 0.0401 e. The molecule has 0 aliphatic heterocycles. The van der Waals surface area contributed by atoms with E-state index in [0.29, 0.717) is 5.92 Å². The van der Waals surface area contributed by atoms with Gasteiger partial charge in [-0.15, -0.1) is 0 Å². The first-order valence-electron chi connectivity index (χ1n) is 9.90. The van der Waals surface area contributed by atoms with E-state index in [0.717, 1.165) is 0 Å². The monoisotopic (exact) mass is 346 g/mol. The molecular formula is C27H22. The van der Waals surface area contributed by atoms with Crippen LogP contribution in [0.1, 0.15) is 35.6 Å². The number of hydrogen-bond acceptors (Lipinski definition) is 0. The van der Waals surface area contributed by atoms with Gasteiger partial charge in [0.25, 0.3) is 0 Å². The van der Waals surface area contributed by atoms with Gasteiger partial charge in [-0.3, -0.25) is 0 Å². The minimum Gasteiger partial charge on any atom is -0.0727 e. The standard InChI is InChI=1S/C27H22/c1-26(19-10-4-2-5-11-19)23-15-9-8-14-21(23)22-16-17-27(18-24(27)25(22)26)20-12-6-3-7-13-20/h2-17,24H,18H2,1H3. The Balaban J connectivity index is 1.58. The number of allylic oxidation sites excluding steroid dienone is 4. The topological polar surface area (TPSA) is 0 Å². The third-order valence-electron chi connectivity index (χ3n) is 7.15. The van der Waals surface area contributed by atoms with Crippen molar-refractivity contribution in [3.05, 3.63) is 125 Å². The van der Waals surface area contributed by atoms with Crippen molar-refractivity contribution in [1.82, 2.24) is 0 Å². The number of fused-ring (bicyclic) bond motifs is 4. The zero-order chi connectivity index (χ0) is 18.1. The highest BCUT2D eigenvalue weighted by Crippen LogP contribution is 2.69. The third kappa shape index (κ3) is 1.83. The van der Waals surface area contributed by atoms with E-state index in [4.69, 9.17) is 0 Å². The smallest absolute Gasteiger partial charge is 0.0401 e. The second kappa shape index (κ2) is 5.10. The van der Waals surface area contributed by atoms with Gasteiger partial charge >= 0.3 is 0 Å². The molecule has 3 aliphatic rings. The maximum atomic E-state index is 2.49. The van der Waals surface area contributed by atoms with Crippen molar-refractivity contribution in [2.45, 2.75) is 24.2 Å². The van der Waals surface area contributed by atoms with E-state index in [1.165, 1.54) is 34.2 Å². The molecule has 0 spiro atoms. The van der Waals surface area contributed by atoms with Gasteiger partial charge in [-0.05, 0) is 52.7 Å². The summed E-state index contributed by atoms with van der Waals surface area (Å²) >= 11 is 0. The lowest BCUT2D eigenvalue weighted by Gasteiger charge is -2.33. The molecule has 0 radical (unpaired) electrons. The van der Waals surface area contributed by atoms with Crippen LogP contribution in [0, 0.1) is 5.92 Å². The van der Waals surface area contributed by atoms with Crippen molar-refractivity contribution in [1.29, 1.82) is 0 Å². The Hall–Kier alpha value is -2.86. The second-order valence-corrected chi connectivity index (χ2v) is 8.36. The SMILES string of the molecule is CC1(c2ccccc2)C2=C(C=CC3(c4ccccc4)CC23)c2ccccc21. The first-order valence-corrected chi connectivity index (χ1v) is 9.90. The summed E-state index contributed by atoms with van der Waals surface area (Å²) in [4.78, 5) is 0. The quantitative estimate of drug-likeness (QED) is 0.512. The Labute approximate surface area is 160 Å². The first-order chi connectivity index (χ1) is 13.2. The van der Waals surface area contributed by atoms with Gasteiger partial charge in [0.2, 0.25) is 0 Å². The molecule has 0 saturated heterocycles. The summed E-state index contributed by atoms with van der Waals surface area (Å²) < 4.78 is 0. The van der Waals surface area contributed by atoms with Gasteiger partial charge in [0.1, 0.15) is 0 Å². The molecule has 0 aromatic heterocycles. The predicted molar refractivity (Wildman–Crippen MR) is 112 cm³/mol. The normalized spacial score (nSPS) is 29.9. The predicted octanol–water partition coefficient (Wildman–Crippen LogP) is 6.29. The fourth-order valence-electron chi connectivity index (χ4n) is 5.73. The molecule has 27 heavy (non-hydrogen) atoms. The van der Waals surface area contributed by atoms with Gasteiger partial charge in [-0.25, -0.2) is 0 Å². The Bertz CT molecular complexity index is 1100. The molecule has 0 bridgehead atoms. The summed E-state index contributed by atoms with van der Waals surface area (Å²) in [6.07, 6.45) is 6.13. The van der Waals surface area contributed by atoms with Gasteiger partial charge in [0, 0.05) is 10.8 Å². The average molecular weight is 346 g/mol. The van der Waals surface area contributed by atoms with Crippen LogP contribution in [0.5, 0.6) is 0 Å². The average Bonchev–Trinajstić information content (AvgIpc) is 3.44. The fourth-order valence-corrected chi connectivity index (χ4v) is 5.73. The van der Waals surface area contributed by atoms with Crippen molar-refractivity contribution >= 4 is 5.57 Å². The summed E-state index contributed by atoms with van der Waals surface area (Å²) in [5, 5.41) is 0. The van der Waals surface area contributed by atoms with Crippen LogP contribution in [-0.4, -0.2) is 0 Å². The molecule has 0 nitrogen and oxygen atoms in total. The van der Waals surface area contributed by atoms with E-state index in [1.54, 1.807) is 5.57 Å². The van der Waals surface area contributed by atoms with Crippen molar-refractivity contribution in [2.24, 2.45) is 5.92 Å². The van der Waals surface area contributed by atoms with Crippen LogP contribution in [0.15, 0.2) is 103 Å². The van der Waals surface area contributed by atoms with Crippen LogP contribution in [0.4, 0.5) is 0 Å². The number of hydrogen-bond donors (Lipinski definition) is 0. The number of benzene rings is 3. The minimum atomic E-state index is -0.0425. The summed E-state index contributed by atoms with van der Waals surface area (Å²) in [6.45, 7) is 2.44. The molecule has 3 aliphatic carbocycles. The van der Waals surface area contributed by atoms with Gasteiger partial charge in [0.15, 0.2) is 0 Å². The van der Waals surface area contributed by atoms with Crippen LogP contribution >= 0.6 is 0 Å². The zero-order valence-electron chi connectivity index (χ0n) is 15.5. The van der Waals surface area contributed by atoms with Gasteiger partial charge in [-0.1, -0.05) is 97.1 Å². The summed E-state index contributed by atoms with van der Waals surface area (Å²) in [5.41, 5.74) is 8.99. The molecule has 3 unspecified atom stereocenters. The molecule has 130 valence electrons. The highest BCUT2D eigenvalue weighted by atomic mass is 14.6. The Morgan fingerprint density at radius 2 is 1.37 bits per heavy atom. The van der Waals surface area contributed by atoms with Crippen LogP contribution in [0.2, 0.25) is 0 Å². The lowest BCUT2D eigenvalue weighted by atomic mass is 9.69. The molecular weight excluding hydrogens is 324 g/mol. The van der Waals surface area contributed by atoms with Crippen molar-refractivity contribution < 1.29 is 0 Å². The lowest BCUT2D eigenvalue weighted by molar-refractivity contribution is 0.618. The summed E-state index contributed by atoms with van der Waals surface area (Å²) in [7, 11) is 0. The maximum absolute atomic E-state index is 2.49. The molecule has 1 saturated carbocycles. The molecule has 0 heterocycles. The van der Waals surface area contributed by atoms with E-state index in [1.807, 2.05) is 0 Å². The molecule has 0 amide bonds. The molecule has 6 rings (SSSR count). The van der Waals surface area contributed by atoms with Gasteiger partial charge < -0.3 is 0 Å². The number of rotatable bonds is 2. The Kier molecular flexibility index (Phi) is 2.88. The van der Waals surface area contributed by atoms with Crippen LogP contribution in [0.25, 0.3) is 5.57 Å². The first kappa shape index (κ1) is 15.2. The Morgan fingerprint density at radius 3 is 2.11 bits per heavy atom. The van der Waals surface area contributed by atoms with E-state index in [-0.39, 0.29) is 10.8 Å². The van der Waals surface area contributed by atoms with E-state index in [2.05, 4.69) is 104 Å². The van der Waals surface area contributed by atoms with Gasteiger partial charge in [0.05, 0.1) is 0 Å². The summed E-state index contributed by atoms with van der Waals surface area (Å²) in [6, 6.07) is 31.2. The highest BCUT2D eigenvalue weighted by molar-refractivity contribution is 5.91. The van der Waals surface area contributed by atoms with Crippen LogP contribution in [-0.2, 0) is 10.8 Å². The fraction of sp³-hybridized carbons (Fsp3) is 0.185. The molecule has 3 atom stereocenters.